The lowest BCUT2D eigenvalue weighted by molar-refractivity contribution is 0.0944. The van der Waals surface area contributed by atoms with E-state index in [1.807, 2.05) is 38.1 Å². The summed E-state index contributed by atoms with van der Waals surface area (Å²) in [5, 5.41) is 8.00. The van der Waals surface area contributed by atoms with Crippen molar-refractivity contribution in [2.75, 3.05) is 6.54 Å². The summed E-state index contributed by atoms with van der Waals surface area (Å²) in [4.78, 5) is 28.6. The Kier molecular flexibility index (Phi) is 5.23. The molecular weight excluding hydrogens is 336 g/mol. The maximum absolute atomic E-state index is 12.3. The molecule has 0 bridgehead atoms. The number of hydrogen-bond donors (Lipinski definition) is 1. The minimum Gasteiger partial charge on any atom is -0.350 e. The van der Waals surface area contributed by atoms with Crippen LogP contribution in [0.4, 0.5) is 0 Å². The van der Waals surface area contributed by atoms with Crippen LogP contribution in [0.5, 0.6) is 0 Å². The van der Waals surface area contributed by atoms with Gasteiger partial charge < -0.3 is 5.32 Å². The Labute approximate surface area is 149 Å². The van der Waals surface area contributed by atoms with Crippen molar-refractivity contribution in [1.29, 1.82) is 0 Å². The molecule has 130 valence electrons. The molecule has 0 saturated carbocycles. The van der Waals surface area contributed by atoms with Crippen LogP contribution >= 0.6 is 11.3 Å². The standard InChI is InChI=1S/C18H20N4O2S/c1-3-10-22-16(23)9-8-14(21-22)17(24)19-11-12(2)18-20-13-6-4-5-7-15(13)25-18/h4-9,12H,3,10-11H2,1-2H3,(H,19,24). The van der Waals surface area contributed by atoms with Gasteiger partial charge in [-0.2, -0.15) is 5.10 Å². The highest BCUT2D eigenvalue weighted by Crippen LogP contribution is 2.26. The molecule has 0 saturated heterocycles. The number of thiazole rings is 1. The first-order valence-corrected chi connectivity index (χ1v) is 9.12. The van der Waals surface area contributed by atoms with E-state index in [1.54, 1.807) is 11.3 Å². The van der Waals surface area contributed by atoms with E-state index in [0.717, 1.165) is 21.6 Å². The van der Waals surface area contributed by atoms with Gasteiger partial charge in [0.1, 0.15) is 5.69 Å². The van der Waals surface area contributed by atoms with Crippen molar-refractivity contribution in [1.82, 2.24) is 20.1 Å². The first-order valence-electron chi connectivity index (χ1n) is 8.30. The van der Waals surface area contributed by atoms with Gasteiger partial charge in [-0.3, -0.25) is 9.59 Å². The summed E-state index contributed by atoms with van der Waals surface area (Å²) in [6, 6.07) is 10.8. The molecule has 0 radical (unpaired) electrons. The zero-order valence-corrected chi connectivity index (χ0v) is 15.0. The number of nitrogens with one attached hydrogen (secondary N) is 1. The highest BCUT2D eigenvalue weighted by atomic mass is 32.1. The van der Waals surface area contributed by atoms with Crippen LogP contribution in [0.2, 0.25) is 0 Å². The highest BCUT2D eigenvalue weighted by molar-refractivity contribution is 7.18. The van der Waals surface area contributed by atoms with Crippen molar-refractivity contribution in [2.24, 2.45) is 0 Å². The lowest BCUT2D eigenvalue weighted by atomic mass is 10.2. The lowest BCUT2D eigenvalue weighted by Crippen LogP contribution is -2.31. The number of para-hydroxylation sites is 1. The number of carbonyl (C=O) groups is 1. The molecule has 1 unspecified atom stereocenters. The smallest absolute Gasteiger partial charge is 0.271 e. The van der Waals surface area contributed by atoms with E-state index >= 15 is 0 Å². The van der Waals surface area contributed by atoms with Crippen LogP contribution in [0.15, 0.2) is 41.2 Å². The third kappa shape index (κ3) is 3.93. The van der Waals surface area contributed by atoms with Gasteiger partial charge in [0, 0.05) is 25.1 Å². The summed E-state index contributed by atoms with van der Waals surface area (Å²) in [5.74, 6) is -0.180. The Morgan fingerprint density at radius 3 is 2.84 bits per heavy atom. The average molecular weight is 356 g/mol. The zero-order chi connectivity index (χ0) is 17.8. The Bertz CT molecular complexity index is 914. The number of nitrogens with zero attached hydrogens (tertiary/aromatic N) is 3. The number of aryl methyl sites for hydroxylation is 1. The number of rotatable bonds is 6. The molecule has 0 aliphatic carbocycles. The second-order valence-electron chi connectivity index (χ2n) is 5.91. The number of hydrogen-bond acceptors (Lipinski definition) is 5. The molecule has 2 aromatic heterocycles. The van der Waals surface area contributed by atoms with Crippen LogP contribution in [0.25, 0.3) is 10.2 Å². The van der Waals surface area contributed by atoms with Crippen molar-refractivity contribution >= 4 is 27.5 Å². The predicted molar refractivity (Wildman–Crippen MR) is 99.2 cm³/mol. The molecule has 1 amide bonds. The van der Waals surface area contributed by atoms with Gasteiger partial charge in [-0.1, -0.05) is 26.0 Å². The van der Waals surface area contributed by atoms with Gasteiger partial charge >= 0.3 is 0 Å². The third-order valence-electron chi connectivity index (χ3n) is 3.84. The summed E-state index contributed by atoms with van der Waals surface area (Å²) in [6.07, 6.45) is 0.784. The third-order valence-corrected chi connectivity index (χ3v) is 5.10. The van der Waals surface area contributed by atoms with Gasteiger partial charge in [0.05, 0.1) is 15.2 Å². The highest BCUT2D eigenvalue weighted by Gasteiger charge is 2.15. The van der Waals surface area contributed by atoms with Crippen molar-refractivity contribution in [3.05, 3.63) is 57.5 Å². The molecule has 6 nitrogen and oxygen atoms in total. The molecule has 3 aromatic rings. The second-order valence-corrected chi connectivity index (χ2v) is 6.97. The molecule has 1 atom stereocenters. The SMILES string of the molecule is CCCn1nc(C(=O)NCC(C)c2nc3ccccc3s2)ccc1=O. The van der Waals surface area contributed by atoms with Gasteiger partial charge in [-0.15, -0.1) is 11.3 Å². The monoisotopic (exact) mass is 356 g/mol. The molecule has 0 aliphatic rings. The molecule has 0 aliphatic heterocycles. The fourth-order valence-electron chi connectivity index (χ4n) is 2.47. The van der Waals surface area contributed by atoms with Crippen LogP contribution in [0.1, 0.15) is 41.7 Å². The number of amides is 1. The fourth-order valence-corrected chi connectivity index (χ4v) is 3.49. The van der Waals surface area contributed by atoms with E-state index in [2.05, 4.69) is 15.4 Å². The molecule has 2 heterocycles. The minimum atomic E-state index is -0.280. The van der Waals surface area contributed by atoms with Gasteiger partial charge in [0.15, 0.2) is 0 Å². The van der Waals surface area contributed by atoms with E-state index in [1.165, 1.54) is 16.8 Å². The van der Waals surface area contributed by atoms with E-state index in [4.69, 9.17) is 0 Å². The quantitative estimate of drug-likeness (QED) is 0.737. The van der Waals surface area contributed by atoms with Crippen LogP contribution < -0.4 is 10.9 Å². The first kappa shape index (κ1) is 17.3. The number of aromatic nitrogens is 3. The molecule has 0 fully saturated rings. The van der Waals surface area contributed by atoms with Crippen molar-refractivity contribution in [3.8, 4) is 0 Å². The summed E-state index contributed by atoms with van der Waals surface area (Å²) >= 11 is 1.64. The van der Waals surface area contributed by atoms with Crippen LogP contribution in [-0.2, 0) is 6.54 Å². The largest absolute Gasteiger partial charge is 0.350 e. The maximum Gasteiger partial charge on any atom is 0.271 e. The second kappa shape index (κ2) is 7.57. The molecule has 1 aromatic carbocycles. The Morgan fingerprint density at radius 1 is 1.28 bits per heavy atom. The first-order chi connectivity index (χ1) is 12.1. The lowest BCUT2D eigenvalue weighted by Gasteiger charge is -2.10. The van der Waals surface area contributed by atoms with Gasteiger partial charge in [-0.05, 0) is 24.6 Å². The van der Waals surface area contributed by atoms with Crippen molar-refractivity contribution < 1.29 is 4.79 Å². The minimum absolute atomic E-state index is 0.0999. The number of carbonyl (C=O) groups excluding carboxylic acids is 1. The van der Waals surface area contributed by atoms with Crippen LogP contribution in [0.3, 0.4) is 0 Å². The molecular formula is C18H20N4O2S. The summed E-state index contributed by atoms with van der Waals surface area (Å²) < 4.78 is 2.47. The van der Waals surface area contributed by atoms with Gasteiger partial charge in [0.25, 0.3) is 11.5 Å². The van der Waals surface area contributed by atoms with Gasteiger partial charge in [-0.25, -0.2) is 9.67 Å². The predicted octanol–water partition coefficient (Wildman–Crippen LogP) is 2.80. The maximum atomic E-state index is 12.3. The Balaban J connectivity index is 1.67. The molecule has 1 N–H and O–H groups in total. The average Bonchev–Trinajstić information content (AvgIpc) is 3.05. The summed E-state index contributed by atoms with van der Waals surface area (Å²) in [5.41, 5.74) is 1.04. The van der Waals surface area contributed by atoms with E-state index in [9.17, 15) is 9.59 Å². The molecule has 0 spiro atoms. The summed E-state index contributed by atoms with van der Waals surface area (Å²) in [6.45, 7) is 4.96. The molecule has 3 rings (SSSR count). The number of benzene rings is 1. The topological polar surface area (TPSA) is 76.9 Å². The van der Waals surface area contributed by atoms with Crippen LogP contribution in [0, 0.1) is 0 Å². The number of fused-ring (bicyclic) bond motifs is 1. The van der Waals surface area contributed by atoms with E-state index in [0.29, 0.717) is 13.1 Å². The van der Waals surface area contributed by atoms with Gasteiger partial charge in [0.2, 0.25) is 0 Å². The van der Waals surface area contributed by atoms with E-state index in [-0.39, 0.29) is 23.1 Å². The molecule has 25 heavy (non-hydrogen) atoms. The van der Waals surface area contributed by atoms with E-state index < -0.39 is 0 Å². The fraction of sp³-hybridized carbons (Fsp3) is 0.333. The Hall–Kier alpha value is -2.54. The zero-order valence-electron chi connectivity index (χ0n) is 14.2. The van der Waals surface area contributed by atoms with Crippen molar-refractivity contribution in [2.45, 2.75) is 32.7 Å². The normalized spacial score (nSPS) is 12.2. The van der Waals surface area contributed by atoms with Crippen molar-refractivity contribution in [3.63, 3.8) is 0 Å². The van der Waals surface area contributed by atoms with Crippen LogP contribution in [-0.4, -0.2) is 27.2 Å². The Morgan fingerprint density at radius 2 is 2.08 bits per heavy atom. The molecule has 7 heteroatoms. The summed E-state index contributed by atoms with van der Waals surface area (Å²) in [7, 11) is 0.